The van der Waals surface area contributed by atoms with Gasteiger partial charge in [-0.15, -0.1) is 0 Å². The molecule has 0 atom stereocenters. The number of nitrogens with one attached hydrogen (secondary N) is 1. The van der Waals surface area contributed by atoms with Crippen molar-refractivity contribution < 1.29 is 9.59 Å². The number of hydrogen-bond acceptors (Lipinski definition) is 2. The lowest BCUT2D eigenvalue weighted by Gasteiger charge is -2.18. The third-order valence-electron chi connectivity index (χ3n) is 2.63. The van der Waals surface area contributed by atoms with Crippen LogP contribution in [0.2, 0.25) is 0 Å². The predicted molar refractivity (Wildman–Crippen MR) is 43.9 cm³/mol. The van der Waals surface area contributed by atoms with Crippen LogP contribution in [0.25, 0.3) is 0 Å². The van der Waals surface area contributed by atoms with Gasteiger partial charge in [0.2, 0.25) is 0 Å². The average Bonchev–Trinajstić information content (AvgIpc) is 2.26. The van der Waals surface area contributed by atoms with Gasteiger partial charge in [0.15, 0.2) is 0 Å². The maximum Gasteiger partial charge on any atom is 0.256 e. The molecular weight excluding hydrogens is 156 g/mol. The van der Waals surface area contributed by atoms with Crippen LogP contribution in [0.4, 0.5) is 0 Å². The van der Waals surface area contributed by atoms with Gasteiger partial charge in [0, 0.05) is 7.05 Å². The quantitative estimate of drug-likeness (QED) is 0.606. The molecule has 1 aliphatic rings. The van der Waals surface area contributed by atoms with Gasteiger partial charge in [-0.1, -0.05) is 13.8 Å². The first-order chi connectivity index (χ1) is 5.58. The van der Waals surface area contributed by atoms with Crippen molar-refractivity contribution in [3.8, 4) is 0 Å². The van der Waals surface area contributed by atoms with Crippen LogP contribution in [0.3, 0.4) is 0 Å². The van der Waals surface area contributed by atoms with Gasteiger partial charge in [0.1, 0.15) is 5.41 Å². The fraction of sp³-hybridized carbons (Fsp3) is 0.750. The van der Waals surface area contributed by atoms with Crippen molar-refractivity contribution >= 4 is 11.8 Å². The van der Waals surface area contributed by atoms with Gasteiger partial charge in [-0.25, -0.2) is 0 Å². The minimum atomic E-state index is -0.797. The van der Waals surface area contributed by atoms with Crippen molar-refractivity contribution in [1.82, 2.24) is 10.4 Å². The Hall–Kier alpha value is -1.06. The molecule has 2 amide bonds. The van der Waals surface area contributed by atoms with E-state index >= 15 is 0 Å². The van der Waals surface area contributed by atoms with Crippen molar-refractivity contribution in [2.45, 2.75) is 26.7 Å². The van der Waals surface area contributed by atoms with Crippen LogP contribution in [0.15, 0.2) is 0 Å². The van der Waals surface area contributed by atoms with Crippen LogP contribution in [-0.4, -0.2) is 23.9 Å². The monoisotopic (exact) mass is 170 g/mol. The van der Waals surface area contributed by atoms with Crippen LogP contribution in [0.5, 0.6) is 0 Å². The first-order valence-corrected chi connectivity index (χ1v) is 4.17. The Morgan fingerprint density at radius 3 is 2.00 bits per heavy atom. The molecule has 0 radical (unpaired) electrons. The molecule has 0 unspecified atom stereocenters. The van der Waals surface area contributed by atoms with Gasteiger partial charge in [0.05, 0.1) is 0 Å². The van der Waals surface area contributed by atoms with E-state index in [1.165, 1.54) is 5.01 Å². The van der Waals surface area contributed by atoms with E-state index in [9.17, 15) is 9.59 Å². The Morgan fingerprint density at radius 1 is 1.33 bits per heavy atom. The molecule has 0 bridgehead atoms. The van der Waals surface area contributed by atoms with Crippen LogP contribution >= 0.6 is 0 Å². The second kappa shape index (κ2) is 2.77. The van der Waals surface area contributed by atoms with Crippen molar-refractivity contribution in [1.29, 1.82) is 0 Å². The van der Waals surface area contributed by atoms with E-state index in [2.05, 4.69) is 5.43 Å². The molecule has 4 nitrogen and oxygen atoms in total. The number of rotatable bonds is 2. The summed E-state index contributed by atoms with van der Waals surface area (Å²) in [5, 5.41) is 1.27. The van der Waals surface area contributed by atoms with Gasteiger partial charge in [-0.3, -0.25) is 20.0 Å². The average molecular weight is 170 g/mol. The second-order valence-electron chi connectivity index (χ2n) is 3.09. The van der Waals surface area contributed by atoms with E-state index in [1.807, 2.05) is 13.8 Å². The summed E-state index contributed by atoms with van der Waals surface area (Å²) in [4.78, 5) is 22.9. The molecule has 0 aromatic rings. The molecule has 12 heavy (non-hydrogen) atoms. The smallest absolute Gasteiger partial charge is 0.256 e. The minimum absolute atomic E-state index is 0.113. The number of carbonyl (C=O) groups is 2. The largest absolute Gasteiger partial charge is 0.272 e. The zero-order valence-electron chi connectivity index (χ0n) is 7.68. The van der Waals surface area contributed by atoms with Gasteiger partial charge < -0.3 is 0 Å². The molecule has 1 saturated heterocycles. The van der Waals surface area contributed by atoms with Crippen LogP contribution in [0, 0.1) is 5.41 Å². The normalized spacial score (nSPS) is 21.4. The number of amides is 2. The summed E-state index contributed by atoms with van der Waals surface area (Å²) in [7, 11) is 1.58. The van der Waals surface area contributed by atoms with E-state index in [0.29, 0.717) is 12.8 Å². The molecule has 0 saturated carbocycles. The molecule has 68 valence electrons. The summed E-state index contributed by atoms with van der Waals surface area (Å²) >= 11 is 0. The number of carbonyl (C=O) groups excluding carboxylic acids is 2. The van der Waals surface area contributed by atoms with E-state index in [1.54, 1.807) is 7.05 Å². The molecule has 1 N–H and O–H groups in total. The number of hydrazine groups is 1. The minimum Gasteiger partial charge on any atom is -0.272 e. The highest BCUT2D eigenvalue weighted by molar-refractivity contribution is 6.09. The summed E-state index contributed by atoms with van der Waals surface area (Å²) in [5.41, 5.74) is 1.71. The van der Waals surface area contributed by atoms with Crippen LogP contribution in [-0.2, 0) is 9.59 Å². The van der Waals surface area contributed by atoms with Gasteiger partial charge in [-0.2, -0.15) is 0 Å². The predicted octanol–water partition coefficient (Wildman–Crippen LogP) is 0.296. The molecule has 1 aliphatic heterocycles. The second-order valence-corrected chi connectivity index (χ2v) is 3.09. The summed E-state index contributed by atoms with van der Waals surface area (Å²) in [5.74, 6) is -0.280. The highest BCUT2D eigenvalue weighted by Gasteiger charge is 2.50. The third-order valence-corrected chi connectivity index (χ3v) is 2.63. The Balaban J connectivity index is 3.01. The van der Waals surface area contributed by atoms with E-state index in [-0.39, 0.29) is 11.8 Å². The standard InChI is InChI=1S/C8H14N2O2/c1-4-8(5-2)6(11)9-10(3)7(8)12/h4-5H2,1-3H3,(H,9,11). The maximum atomic E-state index is 11.5. The van der Waals surface area contributed by atoms with Crippen molar-refractivity contribution in [3.05, 3.63) is 0 Å². The molecule has 0 spiro atoms. The summed E-state index contributed by atoms with van der Waals surface area (Å²) in [6.45, 7) is 3.72. The first kappa shape index (κ1) is 9.03. The van der Waals surface area contributed by atoms with Crippen LogP contribution in [0.1, 0.15) is 26.7 Å². The molecule has 0 aromatic heterocycles. The Kier molecular flexibility index (Phi) is 2.08. The zero-order chi connectivity index (χ0) is 9.35. The SMILES string of the molecule is CCC1(CC)C(=O)NN(C)C1=O. The Bertz CT molecular complexity index is 221. The van der Waals surface area contributed by atoms with Crippen molar-refractivity contribution in [2.75, 3.05) is 7.05 Å². The molecule has 1 rings (SSSR count). The van der Waals surface area contributed by atoms with E-state index < -0.39 is 5.41 Å². The molecule has 1 heterocycles. The lowest BCUT2D eigenvalue weighted by atomic mass is 9.82. The van der Waals surface area contributed by atoms with Crippen LogP contribution < -0.4 is 5.43 Å². The van der Waals surface area contributed by atoms with Gasteiger partial charge >= 0.3 is 0 Å². The number of nitrogens with zero attached hydrogens (tertiary/aromatic N) is 1. The topological polar surface area (TPSA) is 49.4 Å². The van der Waals surface area contributed by atoms with Crippen molar-refractivity contribution in [3.63, 3.8) is 0 Å². The third kappa shape index (κ3) is 0.906. The van der Waals surface area contributed by atoms with E-state index in [4.69, 9.17) is 0 Å². The molecular formula is C8H14N2O2. The summed E-state index contributed by atoms with van der Waals surface area (Å²) < 4.78 is 0. The lowest BCUT2D eigenvalue weighted by Crippen LogP contribution is -2.34. The highest BCUT2D eigenvalue weighted by Crippen LogP contribution is 2.32. The molecule has 4 heteroatoms. The first-order valence-electron chi connectivity index (χ1n) is 4.17. The molecule has 1 fully saturated rings. The Morgan fingerprint density at radius 2 is 1.83 bits per heavy atom. The molecule has 0 aromatic carbocycles. The summed E-state index contributed by atoms with van der Waals surface area (Å²) in [6, 6.07) is 0. The maximum absolute atomic E-state index is 11.5. The fourth-order valence-corrected chi connectivity index (χ4v) is 1.60. The Labute approximate surface area is 71.9 Å². The lowest BCUT2D eigenvalue weighted by molar-refractivity contribution is -0.139. The van der Waals surface area contributed by atoms with Gasteiger partial charge in [-0.05, 0) is 12.8 Å². The van der Waals surface area contributed by atoms with Crippen molar-refractivity contribution in [2.24, 2.45) is 5.41 Å². The zero-order valence-corrected chi connectivity index (χ0v) is 7.68. The molecule has 0 aliphatic carbocycles. The van der Waals surface area contributed by atoms with Gasteiger partial charge in [0.25, 0.3) is 11.8 Å². The number of hydrogen-bond donors (Lipinski definition) is 1. The highest BCUT2D eigenvalue weighted by atomic mass is 16.2. The fourth-order valence-electron chi connectivity index (χ4n) is 1.60. The van der Waals surface area contributed by atoms with E-state index in [0.717, 1.165) is 0 Å². The summed E-state index contributed by atoms with van der Waals surface area (Å²) in [6.07, 6.45) is 1.14.